The molecule has 1 amide bonds. The molecule has 6 nitrogen and oxygen atoms in total. The van der Waals surface area contributed by atoms with Crippen LogP contribution in [0.2, 0.25) is 0 Å². The summed E-state index contributed by atoms with van der Waals surface area (Å²) in [4.78, 5) is 14.6. The zero-order chi connectivity index (χ0) is 20.1. The number of methoxy groups -OCH3 is 1. The van der Waals surface area contributed by atoms with Gasteiger partial charge in [-0.2, -0.15) is 4.31 Å². The number of benzene rings is 2. The number of hydrogen-bond acceptors (Lipinski definition) is 4. The van der Waals surface area contributed by atoms with Crippen LogP contribution in [0.4, 0.5) is 0 Å². The Morgan fingerprint density at radius 2 is 1.71 bits per heavy atom. The fourth-order valence-electron chi connectivity index (χ4n) is 3.42. The highest BCUT2D eigenvalue weighted by Crippen LogP contribution is 2.20. The first-order chi connectivity index (χ1) is 13.4. The molecule has 0 radical (unpaired) electrons. The van der Waals surface area contributed by atoms with Gasteiger partial charge in [0, 0.05) is 32.6 Å². The number of sulfonamides is 1. The first kappa shape index (κ1) is 20.4. The van der Waals surface area contributed by atoms with Crippen LogP contribution in [0.1, 0.15) is 17.5 Å². The number of piperazine rings is 1. The summed E-state index contributed by atoms with van der Waals surface area (Å²) in [5, 5.41) is 0. The van der Waals surface area contributed by atoms with Crippen molar-refractivity contribution in [2.45, 2.75) is 24.7 Å². The predicted octanol–water partition coefficient (Wildman–Crippen LogP) is 2.47. The molecule has 1 fully saturated rings. The second-order valence-corrected chi connectivity index (χ2v) is 8.84. The Balaban J connectivity index is 1.53. The number of ether oxygens (including phenoxy) is 1. The minimum Gasteiger partial charge on any atom is -0.496 e. The largest absolute Gasteiger partial charge is 0.496 e. The van der Waals surface area contributed by atoms with Gasteiger partial charge in [0.1, 0.15) is 5.75 Å². The van der Waals surface area contributed by atoms with Crippen LogP contribution in [0.15, 0.2) is 53.4 Å². The number of amides is 1. The molecule has 1 saturated heterocycles. The maximum absolute atomic E-state index is 12.7. The topological polar surface area (TPSA) is 66.9 Å². The molecule has 0 atom stereocenters. The van der Waals surface area contributed by atoms with Crippen molar-refractivity contribution in [1.82, 2.24) is 9.21 Å². The van der Waals surface area contributed by atoms with Crippen LogP contribution in [-0.2, 0) is 21.2 Å². The molecule has 0 unspecified atom stereocenters. The summed E-state index contributed by atoms with van der Waals surface area (Å²) in [7, 11) is -1.85. The van der Waals surface area contributed by atoms with Crippen LogP contribution in [-0.4, -0.2) is 56.8 Å². The van der Waals surface area contributed by atoms with Crippen molar-refractivity contribution in [3.63, 3.8) is 0 Å². The van der Waals surface area contributed by atoms with Crippen molar-refractivity contribution in [3.8, 4) is 5.75 Å². The lowest BCUT2D eigenvalue weighted by atomic mass is 10.1. The quantitative estimate of drug-likeness (QED) is 0.745. The van der Waals surface area contributed by atoms with Crippen LogP contribution < -0.4 is 4.74 Å². The van der Waals surface area contributed by atoms with Crippen LogP contribution in [0.5, 0.6) is 5.75 Å². The Morgan fingerprint density at radius 1 is 1.04 bits per heavy atom. The summed E-state index contributed by atoms with van der Waals surface area (Å²) in [6.45, 7) is 3.48. The number of carbonyl (C=O) groups is 1. The third kappa shape index (κ3) is 4.54. The van der Waals surface area contributed by atoms with Gasteiger partial charge in [0.05, 0.1) is 12.0 Å². The SMILES string of the molecule is COc1ccc(CCC(=O)N2CCN(S(=O)(=O)c3ccccc3)CC2)cc1C. The molecular formula is C21H26N2O4S. The molecule has 0 aliphatic carbocycles. The fraction of sp³-hybridized carbons (Fsp3) is 0.381. The van der Waals surface area contributed by atoms with E-state index in [-0.39, 0.29) is 5.91 Å². The van der Waals surface area contributed by atoms with Crippen LogP contribution in [0, 0.1) is 6.92 Å². The van der Waals surface area contributed by atoms with Crippen molar-refractivity contribution >= 4 is 15.9 Å². The molecule has 7 heteroatoms. The lowest BCUT2D eigenvalue weighted by Crippen LogP contribution is -2.50. The van der Waals surface area contributed by atoms with E-state index in [0.717, 1.165) is 16.9 Å². The Kier molecular flexibility index (Phi) is 6.36. The highest BCUT2D eigenvalue weighted by atomic mass is 32.2. The predicted molar refractivity (Wildman–Crippen MR) is 108 cm³/mol. The van der Waals surface area contributed by atoms with Gasteiger partial charge in [-0.3, -0.25) is 4.79 Å². The molecule has 1 aliphatic rings. The average molecular weight is 403 g/mol. The van der Waals surface area contributed by atoms with Gasteiger partial charge in [-0.15, -0.1) is 0 Å². The Labute approximate surface area is 166 Å². The number of rotatable bonds is 6. The van der Waals surface area contributed by atoms with Gasteiger partial charge in [-0.1, -0.05) is 30.3 Å². The standard InChI is InChI=1S/C21H26N2O4S/c1-17-16-18(8-10-20(17)27-2)9-11-21(24)22-12-14-23(15-13-22)28(25,26)19-6-4-3-5-7-19/h3-8,10,16H,9,11-15H2,1-2H3. The monoisotopic (exact) mass is 402 g/mol. The maximum Gasteiger partial charge on any atom is 0.243 e. The molecule has 28 heavy (non-hydrogen) atoms. The van der Waals surface area contributed by atoms with E-state index in [0.29, 0.717) is 43.9 Å². The van der Waals surface area contributed by atoms with Gasteiger partial charge in [0.15, 0.2) is 0 Å². The first-order valence-electron chi connectivity index (χ1n) is 9.38. The fourth-order valence-corrected chi connectivity index (χ4v) is 4.87. The summed E-state index contributed by atoms with van der Waals surface area (Å²) in [5.74, 6) is 0.899. The molecule has 0 saturated carbocycles. The molecule has 1 aliphatic heterocycles. The second-order valence-electron chi connectivity index (χ2n) is 6.90. The second kappa shape index (κ2) is 8.75. The van der Waals surface area contributed by atoms with E-state index >= 15 is 0 Å². The molecule has 1 heterocycles. The number of nitrogens with zero attached hydrogens (tertiary/aromatic N) is 2. The van der Waals surface area contributed by atoms with Crippen molar-refractivity contribution in [1.29, 1.82) is 0 Å². The van der Waals surface area contributed by atoms with Crippen LogP contribution in [0.25, 0.3) is 0 Å². The van der Waals surface area contributed by atoms with Gasteiger partial charge in [0.2, 0.25) is 15.9 Å². The molecule has 2 aromatic rings. The lowest BCUT2D eigenvalue weighted by molar-refractivity contribution is -0.132. The zero-order valence-corrected chi connectivity index (χ0v) is 17.1. The molecule has 2 aromatic carbocycles. The molecule has 3 rings (SSSR count). The third-order valence-corrected chi connectivity index (χ3v) is 6.97. The minimum absolute atomic E-state index is 0.0604. The van der Waals surface area contributed by atoms with Crippen LogP contribution >= 0.6 is 0 Å². The zero-order valence-electron chi connectivity index (χ0n) is 16.3. The van der Waals surface area contributed by atoms with Crippen molar-refractivity contribution in [3.05, 3.63) is 59.7 Å². The van der Waals surface area contributed by atoms with E-state index in [4.69, 9.17) is 4.74 Å². The van der Waals surface area contributed by atoms with Gasteiger partial charge in [0.25, 0.3) is 0 Å². The van der Waals surface area contributed by atoms with Crippen LogP contribution in [0.3, 0.4) is 0 Å². The summed E-state index contributed by atoms with van der Waals surface area (Å²) < 4.78 is 32.1. The van der Waals surface area contributed by atoms with Gasteiger partial charge >= 0.3 is 0 Å². The molecular weight excluding hydrogens is 376 g/mol. The lowest BCUT2D eigenvalue weighted by Gasteiger charge is -2.34. The molecule has 0 N–H and O–H groups in total. The molecule has 0 aromatic heterocycles. The van der Waals surface area contributed by atoms with E-state index < -0.39 is 10.0 Å². The van der Waals surface area contributed by atoms with E-state index in [9.17, 15) is 13.2 Å². The highest BCUT2D eigenvalue weighted by Gasteiger charge is 2.29. The van der Waals surface area contributed by atoms with E-state index in [2.05, 4.69) is 0 Å². The normalized spacial score (nSPS) is 15.4. The summed E-state index contributed by atoms with van der Waals surface area (Å²) in [6, 6.07) is 14.4. The maximum atomic E-state index is 12.7. The van der Waals surface area contributed by atoms with Gasteiger partial charge < -0.3 is 9.64 Å². The van der Waals surface area contributed by atoms with Gasteiger partial charge in [-0.25, -0.2) is 8.42 Å². The number of carbonyl (C=O) groups excluding carboxylic acids is 1. The highest BCUT2D eigenvalue weighted by molar-refractivity contribution is 7.89. The van der Waals surface area contributed by atoms with Gasteiger partial charge in [-0.05, 0) is 42.7 Å². The smallest absolute Gasteiger partial charge is 0.243 e. The number of aryl methyl sites for hydroxylation is 2. The van der Waals surface area contributed by atoms with E-state index in [1.807, 2.05) is 25.1 Å². The molecule has 0 spiro atoms. The van der Waals surface area contributed by atoms with E-state index in [1.54, 1.807) is 42.3 Å². The third-order valence-electron chi connectivity index (χ3n) is 5.06. The Bertz CT molecular complexity index is 921. The minimum atomic E-state index is -3.49. The summed E-state index contributed by atoms with van der Waals surface area (Å²) in [5.41, 5.74) is 2.14. The Morgan fingerprint density at radius 3 is 2.32 bits per heavy atom. The van der Waals surface area contributed by atoms with Crippen molar-refractivity contribution < 1.29 is 17.9 Å². The van der Waals surface area contributed by atoms with E-state index in [1.165, 1.54) is 4.31 Å². The summed E-state index contributed by atoms with van der Waals surface area (Å²) in [6.07, 6.45) is 1.07. The van der Waals surface area contributed by atoms with Crippen molar-refractivity contribution in [2.24, 2.45) is 0 Å². The molecule has 0 bridgehead atoms. The summed E-state index contributed by atoms with van der Waals surface area (Å²) >= 11 is 0. The first-order valence-corrected chi connectivity index (χ1v) is 10.8. The molecule has 150 valence electrons. The number of hydrogen-bond donors (Lipinski definition) is 0. The average Bonchev–Trinajstić information content (AvgIpc) is 2.73. The Hall–Kier alpha value is -2.38. The van der Waals surface area contributed by atoms with Crippen molar-refractivity contribution in [2.75, 3.05) is 33.3 Å².